The van der Waals surface area contributed by atoms with Crippen LogP contribution in [0.2, 0.25) is 0 Å². The average molecular weight is 167 g/mol. The SMILES string of the molecule is C#CC1(C)CCCN1CC(=O)O. The maximum Gasteiger partial charge on any atom is 0.317 e. The van der Waals surface area contributed by atoms with E-state index in [0.717, 1.165) is 19.4 Å². The second-order valence-electron chi connectivity index (χ2n) is 3.34. The first-order valence-electron chi connectivity index (χ1n) is 4.03. The van der Waals surface area contributed by atoms with Crippen molar-refractivity contribution in [2.75, 3.05) is 13.1 Å². The summed E-state index contributed by atoms with van der Waals surface area (Å²) >= 11 is 0. The van der Waals surface area contributed by atoms with Crippen LogP contribution in [0.25, 0.3) is 0 Å². The summed E-state index contributed by atoms with van der Waals surface area (Å²) in [6.45, 7) is 2.77. The smallest absolute Gasteiger partial charge is 0.317 e. The van der Waals surface area contributed by atoms with Gasteiger partial charge in [0.05, 0.1) is 12.1 Å². The molecule has 1 atom stereocenters. The minimum atomic E-state index is -0.807. The van der Waals surface area contributed by atoms with E-state index in [1.165, 1.54) is 0 Å². The number of hydrogen-bond acceptors (Lipinski definition) is 2. The van der Waals surface area contributed by atoms with Crippen molar-refractivity contribution in [3.8, 4) is 12.3 Å². The monoisotopic (exact) mass is 167 g/mol. The predicted octanol–water partition coefficient (Wildman–Crippen LogP) is 0.559. The molecule has 0 radical (unpaired) electrons. The molecule has 0 amide bonds. The molecule has 0 bridgehead atoms. The summed E-state index contributed by atoms with van der Waals surface area (Å²) in [6.07, 6.45) is 7.24. The normalized spacial score (nSPS) is 30.0. The van der Waals surface area contributed by atoms with Crippen molar-refractivity contribution in [1.29, 1.82) is 0 Å². The van der Waals surface area contributed by atoms with E-state index in [0.29, 0.717) is 0 Å². The molecule has 1 unspecified atom stereocenters. The number of carboxylic acids is 1. The van der Waals surface area contributed by atoms with Crippen LogP contribution in [-0.2, 0) is 4.79 Å². The van der Waals surface area contributed by atoms with E-state index in [1.54, 1.807) is 0 Å². The molecule has 1 heterocycles. The quantitative estimate of drug-likeness (QED) is 0.611. The molecule has 0 aromatic rings. The Balaban J connectivity index is 2.65. The molecule has 12 heavy (non-hydrogen) atoms. The maximum absolute atomic E-state index is 10.4. The van der Waals surface area contributed by atoms with Gasteiger partial charge in [0.1, 0.15) is 0 Å². The van der Waals surface area contributed by atoms with Crippen molar-refractivity contribution >= 4 is 5.97 Å². The molecule has 0 aliphatic carbocycles. The lowest BCUT2D eigenvalue weighted by molar-refractivity contribution is -0.138. The van der Waals surface area contributed by atoms with E-state index >= 15 is 0 Å². The molecule has 66 valence electrons. The van der Waals surface area contributed by atoms with Crippen LogP contribution in [-0.4, -0.2) is 34.6 Å². The van der Waals surface area contributed by atoms with Gasteiger partial charge in [0.15, 0.2) is 0 Å². The fourth-order valence-corrected chi connectivity index (χ4v) is 1.60. The van der Waals surface area contributed by atoms with Crippen LogP contribution < -0.4 is 0 Å². The Morgan fingerprint density at radius 3 is 3.00 bits per heavy atom. The summed E-state index contributed by atoms with van der Waals surface area (Å²) in [6, 6.07) is 0. The van der Waals surface area contributed by atoms with Crippen LogP contribution in [0.4, 0.5) is 0 Å². The summed E-state index contributed by atoms with van der Waals surface area (Å²) in [7, 11) is 0. The van der Waals surface area contributed by atoms with E-state index in [-0.39, 0.29) is 12.1 Å². The molecule has 1 aliphatic rings. The van der Waals surface area contributed by atoms with Gasteiger partial charge in [-0.3, -0.25) is 9.69 Å². The van der Waals surface area contributed by atoms with Crippen LogP contribution in [0.15, 0.2) is 0 Å². The molecule has 1 saturated heterocycles. The molecule has 0 saturated carbocycles. The van der Waals surface area contributed by atoms with Crippen LogP contribution in [0.1, 0.15) is 19.8 Å². The minimum Gasteiger partial charge on any atom is -0.480 e. The van der Waals surface area contributed by atoms with Gasteiger partial charge in [0.2, 0.25) is 0 Å². The van der Waals surface area contributed by atoms with Crippen molar-refractivity contribution in [3.63, 3.8) is 0 Å². The molecule has 1 N–H and O–H groups in total. The molecule has 3 nitrogen and oxygen atoms in total. The number of terminal acetylenes is 1. The van der Waals surface area contributed by atoms with Crippen LogP contribution >= 0.6 is 0 Å². The molecular formula is C9H13NO2. The van der Waals surface area contributed by atoms with Crippen LogP contribution in [0.5, 0.6) is 0 Å². The van der Waals surface area contributed by atoms with Crippen LogP contribution in [0.3, 0.4) is 0 Å². The lowest BCUT2D eigenvalue weighted by atomic mass is 10.0. The Hall–Kier alpha value is -1.01. The number of likely N-dealkylation sites (tertiary alicyclic amines) is 1. The van der Waals surface area contributed by atoms with Crippen molar-refractivity contribution in [2.45, 2.75) is 25.3 Å². The van der Waals surface area contributed by atoms with Gasteiger partial charge in [-0.1, -0.05) is 5.92 Å². The number of carboxylic acid groups (broad SMARTS) is 1. The Morgan fingerprint density at radius 1 is 1.83 bits per heavy atom. The third-order valence-corrected chi connectivity index (χ3v) is 2.43. The Bertz CT molecular complexity index is 231. The standard InChI is InChI=1S/C9H13NO2/c1-3-9(2)5-4-6-10(9)7-8(11)12/h1H,4-7H2,2H3,(H,11,12). The van der Waals surface area contributed by atoms with Crippen molar-refractivity contribution in [2.24, 2.45) is 0 Å². The molecule has 1 aliphatic heterocycles. The van der Waals surface area contributed by atoms with Gasteiger partial charge in [0.25, 0.3) is 0 Å². The first-order chi connectivity index (χ1) is 5.58. The lowest BCUT2D eigenvalue weighted by Crippen LogP contribution is -2.42. The lowest BCUT2D eigenvalue weighted by Gasteiger charge is -2.28. The van der Waals surface area contributed by atoms with E-state index < -0.39 is 5.97 Å². The molecule has 1 fully saturated rings. The zero-order chi connectivity index (χ0) is 9.19. The topological polar surface area (TPSA) is 40.5 Å². The van der Waals surface area contributed by atoms with Crippen LogP contribution in [0, 0.1) is 12.3 Å². The van der Waals surface area contributed by atoms with E-state index in [9.17, 15) is 4.79 Å². The van der Waals surface area contributed by atoms with Gasteiger partial charge >= 0.3 is 5.97 Å². The highest BCUT2D eigenvalue weighted by atomic mass is 16.4. The van der Waals surface area contributed by atoms with Crippen molar-refractivity contribution < 1.29 is 9.90 Å². The Morgan fingerprint density at radius 2 is 2.50 bits per heavy atom. The van der Waals surface area contributed by atoms with E-state index in [1.807, 2.05) is 11.8 Å². The number of nitrogens with zero attached hydrogens (tertiary/aromatic N) is 1. The van der Waals surface area contributed by atoms with Crippen molar-refractivity contribution in [3.05, 3.63) is 0 Å². The second-order valence-corrected chi connectivity index (χ2v) is 3.34. The average Bonchev–Trinajstić information content (AvgIpc) is 2.33. The van der Waals surface area contributed by atoms with Gasteiger partial charge in [-0.2, -0.15) is 0 Å². The second kappa shape index (κ2) is 3.16. The molecular weight excluding hydrogens is 154 g/mol. The number of aliphatic carboxylic acids is 1. The first kappa shape index (κ1) is 9.08. The summed E-state index contributed by atoms with van der Waals surface area (Å²) in [5.41, 5.74) is -0.335. The third-order valence-electron chi connectivity index (χ3n) is 2.43. The number of carbonyl (C=O) groups is 1. The van der Waals surface area contributed by atoms with Crippen molar-refractivity contribution in [1.82, 2.24) is 4.90 Å². The minimum absolute atomic E-state index is 0.0562. The van der Waals surface area contributed by atoms with E-state index in [4.69, 9.17) is 11.5 Å². The highest BCUT2D eigenvalue weighted by Crippen LogP contribution is 2.27. The summed E-state index contributed by atoms with van der Waals surface area (Å²) in [5, 5.41) is 8.59. The molecule has 0 aromatic heterocycles. The van der Waals surface area contributed by atoms with Gasteiger partial charge in [-0.25, -0.2) is 0 Å². The third kappa shape index (κ3) is 1.59. The zero-order valence-electron chi connectivity index (χ0n) is 7.21. The Labute approximate surface area is 72.4 Å². The fourth-order valence-electron chi connectivity index (χ4n) is 1.60. The Kier molecular flexibility index (Phi) is 2.39. The zero-order valence-corrected chi connectivity index (χ0v) is 7.21. The number of hydrogen-bond donors (Lipinski definition) is 1. The highest BCUT2D eigenvalue weighted by molar-refractivity contribution is 5.69. The van der Waals surface area contributed by atoms with E-state index in [2.05, 4.69) is 5.92 Å². The first-order valence-corrected chi connectivity index (χ1v) is 4.03. The number of rotatable bonds is 2. The maximum atomic E-state index is 10.4. The molecule has 3 heteroatoms. The van der Waals surface area contributed by atoms with Gasteiger partial charge in [-0.15, -0.1) is 6.42 Å². The summed E-state index contributed by atoms with van der Waals surface area (Å²) in [4.78, 5) is 12.3. The highest BCUT2D eigenvalue weighted by Gasteiger charge is 2.35. The molecule has 0 spiro atoms. The molecule has 1 rings (SSSR count). The van der Waals surface area contributed by atoms with Gasteiger partial charge < -0.3 is 5.11 Å². The fraction of sp³-hybridized carbons (Fsp3) is 0.667. The van der Waals surface area contributed by atoms with Gasteiger partial charge in [0, 0.05) is 6.54 Å². The molecule has 0 aromatic carbocycles. The predicted molar refractivity (Wildman–Crippen MR) is 45.7 cm³/mol. The van der Waals surface area contributed by atoms with Gasteiger partial charge in [-0.05, 0) is 19.8 Å². The summed E-state index contributed by atoms with van der Waals surface area (Å²) < 4.78 is 0. The largest absolute Gasteiger partial charge is 0.480 e. The summed E-state index contributed by atoms with van der Waals surface area (Å²) in [5.74, 6) is 1.85.